The van der Waals surface area contributed by atoms with Crippen LogP contribution in [-0.2, 0) is 9.59 Å². The molecule has 74 valence electrons. The van der Waals surface area contributed by atoms with Crippen molar-refractivity contribution >= 4 is 17.8 Å². The number of amides is 4. The minimum Gasteiger partial charge on any atom is -0.269 e. The zero-order valence-corrected chi connectivity index (χ0v) is 7.60. The first kappa shape index (κ1) is 10.2. The minimum absolute atomic E-state index is 0.212. The van der Waals surface area contributed by atoms with Crippen molar-refractivity contribution in [3.63, 3.8) is 0 Å². The SMILES string of the molecule is C=CC(=O)N1CCN(C(=O)C=C)C1=O. The van der Waals surface area contributed by atoms with Crippen LogP contribution in [0.15, 0.2) is 25.3 Å². The molecule has 0 aromatic carbocycles. The van der Waals surface area contributed by atoms with Gasteiger partial charge < -0.3 is 0 Å². The molecule has 0 aromatic heterocycles. The zero-order chi connectivity index (χ0) is 10.7. The quantitative estimate of drug-likeness (QED) is 0.588. The van der Waals surface area contributed by atoms with Crippen LogP contribution < -0.4 is 0 Å². The summed E-state index contributed by atoms with van der Waals surface area (Å²) in [6.45, 7) is 6.95. The molecule has 1 aliphatic rings. The summed E-state index contributed by atoms with van der Waals surface area (Å²) < 4.78 is 0. The summed E-state index contributed by atoms with van der Waals surface area (Å²) in [5.41, 5.74) is 0. The monoisotopic (exact) mass is 194 g/mol. The van der Waals surface area contributed by atoms with Crippen molar-refractivity contribution in [1.82, 2.24) is 9.80 Å². The van der Waals surface area contributed by atoms with Crippen molar-refractivity contribution < 1.29 is 14.4 Å². The standard InChI is InChI=1S/C9H10N2O3/c1-3-7(12)10-5-6-11(9(10)14)8(13)4-2/h3-4H,1-2,5-6H2. The lowest BCUT2D eigenvalue weighted by Gasteiger charge is -2.12. The van der Waals surface area contributed by atoms with Crippen LogP contribution in [0.2, 0.25) is 0 Å². The Hall–Kier alpha value is -1.91. The van der Waals surface area contributed by atoms with E-state index in [4.69, 9.17) is 0 Å². The van der Waals surface area contributed by atoms with Gasteiger partial charge in [0, 0.05) is 13.1 Å². The fraction of sp³-hybridized carbons (Fsp3) is 0.222. The number of carbonyl (C=O) groups is 3. The van der Waals surface area contributed by atoms with E-state index in [1.54, 1.807) is 0 Å². The number of imide groups is 2. The van der Waals surface area contributed by atoms with Gasteiger partial charge in [-0.3, -0.25) is 19.4 Å². The summed E-state index contributed by atoms with van der Waals surface area (Å²) in [7, 11) is 0. The van der Waals surface area contributed by atoms with Crippen molar-refractivity contribution in [1.29, 1.82) is 0 Å². The largest absolute Gasteiger partial charge is 0.334 e. The highest BCUT2D eigenvalue weighted by Crippen LogP contribution is 2.09. The lowest BCUT2D eigenvalue weighted by molar-refractivity contribution is -0.123. The van der Waals surface area contributed by atoms with Gasteiger partial charge in [0.05, 0.1) is 0 Å². The molecule has 1 rings (SSSR count). The lowest BCUT2D eigenvalue weighted by Crippen LogP contribution is -2.37. The Morgan fingerprint density at radius 1 is 1.07 bits per heavy atom. The third kappa shape index (κ3) is 1.56. The van der Waals surface area contributed by atoms with Crippen LogP contribution in [0, 0.1) is 0 Å². The maximum absolute atomic E-state index is 11.4. The second-order valence-electron chi connectivity index (χ2n) is 2.67. The normalized spacial score (nSPS) is 15.6. The molecule has 0 spiro atoms. The van der Waals surface area contributed by atoms with Gasteiger partial charge in [0.2, 0.25) is 0 Å². The van der Waals surface area contributed by atoms with Gasteiger partial charge in [0.25, 0.3) is 11.8 Å². The Kier molecular flexibility index (Phi) is 2.81. The molecule has 4 amide bonds. The van der Waals surface area contributed by atoms with Gasteiger partial charge in [0.1, 0.15) is 0 Å². The topological polar surface area (TPSA) is 57.7 Å². The van der Waals surface area contributed by atoms with Crippen molar-refractivity contribution in [2.75, 3.05) is 13.1 Å². The van der Waals surface area contributed by atoms with Crippen LogP contribution >= 0.6 is 0 Å². The molecule has 1 heterocycles. The predicted molar refractivity (Wildman–Crippen MR) is 49.2 cm³/mol. The maximum Gasteiger partial charge on any atom is 0.334 e. The number of urea groups is 1. The van der Waals surface area contributed by atoms with Crippen LogP contribution in [0.1, 0.15) is 0 Å². The van der Waals surface area contributed by atoms with Gasteiger partial charge in [0.15, 0.2) is 0 Å². The average Bonchev–Trinajstić information content (AvgIpc) is 2.58. The summed E-state index contributed by atoms with van der Waals surface area (Å²) in [6.07, 6.45) is 2.08. The van der Waals surface area contributed by atoms with E-state index < -0.39 is 17.8 Å². The van der Waals surface area contributed by atoms with E-state index >= 15 is 0 Å². The number of hydrogen-bond acceptors (Lipinski definition) is 3. The zero-order valence-electron chi connectivity index (χ0n) is 7.60. The Labute approximate surface area is 81.3 Å². The highest BCUT2D eigenvalue weighted by atomic mass is 16.2. The summed E-state index contributed by atoms with van der Waals surface area (Å²) in [6, 6.07) is -0.611. The van der Waals surface area contributed by atoms with E-state index in [9.17, 15) is 14.4 Å². The first-order valence-corrected chi connectivity index (χ1v) is 4.03. The van der Waals surface area contributed by atoms with Crippen LogP contribution in [0.3, 0.4) is 0 Å². The van der Waals surface area contributed by atoms with Crippen molar-refractivity contribution in [2.45, 2.75) is 0 Å². The molecule has 0 unspecified atom stereocenters. The van der Waals surface area contributed by atoms with Crippen LogP contribution in [0.4, 0.5) is 4.79 Å². The fourth-order valence-corrected chi connectivity index (χ4v) is 1.17. The molecular formula is C9H10N2O3. The van der Waals surface area contributed by atoms with Crippen molar-refractivity contribution in [3.05, 3.63) is 25.3 Å². The molecule has 14 heavy (non-hydrogen) atoms. The number of rotatable bonds is 2. The predicted octanol–water partition coefficient (Wildman–Crippen LogP) is 0.149. The molecule has 0 aliphatic carbocycles. The molecular weight excluding hydrogens is 184 g/mol. The van der Waals surface area contributed by atoms with Gasteiger partial charge >= 0.3 is 6.03 Å². The molecule has 0 aromatic rings. The number of nitrogens with zero attached hydrogens (tertiary/aromatic N) is 2. The van der Waals surface area contributed by atoms with Crippen LogP contribution in [0.25, 0.3) is 0 Å². The van der Waals surface area contributed by atoms with E-state index in [2.05, 4.69) is 13.2 Å². The van der Waals surface area contributed by atoms with E-state index in [1.165, 1.54) is 0 Å². The summed E-state index contributed by atoms with van der Waals surface area (Å²) >= 11 is 0. The number of hydrogen-bond donors (Lipinski definition) is 0. The third-order valence-corrected chi connectivity index (χ3v) is 1.89. The lowest BCUT2D eigenvalue weighted by atomic mass is 10.5. The van der Waals surface area contributed by atoms with Crippen LogP contribution in [0.5, 0.6) is 0 Å². The Morgan fingerprint density at radius 3 is 1.71 bits per heavy atom. The minimum atomic E-state index is -0.611. The molecule has 1 saturated heterocycles. The molecule has 5 nitrogen and oxygen atoms in total. The van der Waals surface area contributed by atoms with Crippen LogP contribution in [-0.4, -0.2) is 40.7 Å². The first-order chi connectivity index (χ1) is 6.61. The van der Waals surface area contributed by atoms with Crippen molar-refractivity contribution in [2.24, 2.45) is 0 Å². The highest BCUT2D eigenvalue weighted by Gasteiger charge is 2.34. The summed E-state index contributed by atoms with van der Waals surface area (Å²) in [5.74, 6) is -0.983. The average molecular weight is 194 g/mol. The summed E-state index contributed by atoms with van der Waals surface area (Å²) in [5, 5.41) is 0. The number of carbonyl (C=O) groups excluding carboxylic acids is 3. The van der Waals surface area contributed by atoms with Crippen molar-refractivity contribution in [3.8, 4) is 0 Å². The molecule has 0 bridgehead atoms. The second-order valence-corrected chi connectivity index (χ2v) is 2.67. The van der Waals surface area contributed by atoms with Gasteiger partial charge in [-0.25, -0.2) is 4.79 Å². The first-order valence-electron chi connectivity index (χ1n) is 4.03. The molecule has 0 atom stereocenters. The smallest absolute Gasteiger partial charge is 0.269 e. The van der Waals surface area contributed by atoms with Gasteiger partial charge in [-0.2, -0.15) is 0 Å². The van der Waals surface area contributed by atoms with Gasteiger partial charge in [-0.1, -0.05) is 13.2 Å². The molecule has 1 fully saturated rings. The maximum atomic E-state index is 11.4. The molecule has 0 radical (unpaired) electrons. The third-order valence-electron chi connectivity index (χ3n) is 1.89. The molecule has 0 N–H and O–H groups in total. The Balaban J connectivity index is 2.78. The summed E-state index contributed by atoms with van der Waals surface area (Å²) in [4.78, 5) is 35.6. The second kappa shape index (κ2) is 3.87. The fourth-order valence-electron chi connectivity index (χ4n) is 1.17. The molecule has 0 saturated carbocycles. The van der Waals surface area contributed by atoms with Gasteiger partial charge in [-0.15, -0.1) is 0 Å². The highest BCUT2D eigenvalue weighted by molar-refractivity contribution is 6.08. The van der Waals surface area contributed by atoms with Gasteiger partial charge in [-0.05, 0) is 12.2 Å². The van der Waals surface area contributed by atoms with E-state index in [0.29, 0.717) is 0 Å². The molecule has 1 aliphatic heterocycles. The van der Waals surface area contributed by atoms with E-state index in [0.717, 1.165) is 22.0 Å². The Morgan fingerprint density at radius 2 is 1.43 bits per heavy atom. The molecule has 5 heteroatoms. The van der Waals surface area contributed by atoms with E-state index in [1.807, 2.05) is 0 Å². The van der Waals surface area contributed by atoms with E-state index in [-0.39, 0.29) is 13.1 Å². The Bertz CT molecular complexity index is 292.